The molecule has 0 N–H and O–H groups in total. The van der Waals surface area contributed by atoms with Crippen molar-refractivity contribution in [1.82, 2.24) is 20.4 Å². The molecule has 0 fully saturated rings. The normalized spacial score (nSPS) is 12.1. The Bertz CT molecular complexity index is 459. The van der Waals surface area contributed by atoms with Gasteiger partial charge in [-0.05, 0) is 12.3 Å². The average Bonchev–Trinajstić information content (AvgIpc) is 2.44. The molecule has 0 radical (unpaired) electrons. The predicted molar refractivity (Wildman–Crippen MR) is 69.9 cm³/mol. The molecule has 2 rings (SSSR count). The van der Waals surface area contributed by atoms with E-state index in [1.807, 2.05) is 6.07 Å². The number of hydrogen-bond acceptors (Lipinski definition) is 3. The molecular weight excluding hydrogens is 547 g/mol. The van der Waals surface area contributed by atoms with E-state index in [1.54, 1.807) is 12.3 Å². The van der Waals surface area contributed by atoms with Gasteiger partial charge < -0.3 is 34.7 Å². The third kappa shape index (κ3) is 22.0. The van der Waals surface area contributed by atoms with Gasteiger partial charge in [-0.25, -0.2) is 0 Å². The number of fused-ring (bicyclic) bond motifs is 1. The van der Waals surface area contributed by atoms with Gasteiger partial charge in [-0.1, -0.05) is 6.07 Å². The van der Waals surface area contributed by atoms with Crippen LogP contribution in [-0.4, -0.2) is 15.3 Å². The number of hydrogen-bond donors (Lipinski definition) is 0. The Morgan fingerprint density at radius 1 is 0.905 bits per heavy atom. The molecule has 0 unspecified atom stereocenters. The minimum atomic E-state index is -10.7. The van der Waals surface area contributed by atoms with Crippen molar-refractivity contribution < 1.29 is 56.3 Å². The molecule has 0 bridgehead atoms. The van der Waals surface area contributed by atoms with Crippen LogP contribution in [0.5, 0.6) is 0 Å². The Hall–Kier alpha value is -0.388. The molecule has 0 saturated heterocycles. The minimum absolute atomic E-state index is 0. The zero-order chi connectivity index (χ0) is 12.5. The standard InChI is InChI=1S/C5H3N4.4CH3.F6P.U/c1-2-4-5(6-3-1)8-9-7-4;;;;;1-7(2,3,4,5)6;/h1-3H;4*1H3;;/q6*-1;. The summed E-state index contributed by atoms with van der Waals surface area (Å²) in [6, 6.07) is 3.63. The summed E-state index contributed by atoms with van der Waals surface area (Å²) in [6.45, 7) is 0. The van der Waals surface area contributed by atoms with E-state index in [2.05, 4.69) is 20.4 Å². The van der Waals surface area contributed by atoms with Crippen molar-refractivity contribution in [3.8, 4) is 0 Å². The quantitative estimate of drug-likeness (QED) is 0.253. The fraction of sp³-hybridized carbons (Fsp3) is 0. The molecule has 2 aromatic heterocycles. The number of rotatable bonds is 0. The second-order valence-corrected chi connectivity index (χ2v) is 4.51. The first kappa shape index (κ1) is 32.5. The summed E-state index contributed by atoms with van der Waals surface area (Å²) in [6.07, 6.45) is 1.67. The fourth-order valence-corrected chi connectivity index (χ4v) is 0.656. The van der Waals surface area contributed by atoms with E-state index in [0.717, 1.165) is 5.52 Å². The number of aromatic nitrogens is 4. The summed E-state index contributed by atoms with van der Waals surface area (Å²) >= 11 is 0. The molecule has 0 aliphatic carbocycles. The van der Waals surface area contributed by atoms with Crippen LogP contribution in [0.1, 0.15) is 0 Å². The molecule has 128 valence electrons. The van der Waals surface area contributed by atoms with Gasteiger partial charge in [0.2, 0.25) is 0 Å². The Morgan fingerprint density at radius 3 is 1.71 bits per heavy atom. The van der Waals surface area contributed by atoms with Crippen LogP contribution in [0.25, 0.3) is 11.2 Å². The van der Waals surface area contributed by atoms with Crippen molar-refractivity contribution in [2.45, 2.75) is 0 Å². The Kier molecular flexibility index (Phi) is 13.8. The van der Waals surface area contributed by atoms with Crippen LogP contribution in [-0.2, 0) is 0 Å². The van der Waals surface area contributed by atoms with Crippen LogP contribution in [0.4, 0.5) is 25.2 Å². The Morgan fingerprint density at radius 2 is 1.33 bits per heavy atom. The Balaban J connectivity index is -0.0000000673. The van der Waals surface area contributed by atoms with Crippen molar-refractivity contribution in [3.63, 3.8) is 0 Å². The topological polar surface area (TPSA) is 52.8 Å². The van der Waals surface area contributed by atoms with Gasteiger partial charge >= 0.3 is 33.0 Å². The van der Waals surface area contributed by atoms with Crippen molar-refractivity contribution >= 4 is 19.0 Å². The van der Waals surface area contributed by atoms with E-state index in [1.165, 1.54) is 0 Å². The molecule has 2 aromatic rings. The van der Waals surface area contributed by atoms with E-state index in [4.69, 9.17) is 0 Å². The van der Waals surface area contributed by atoms with Gasteiger partial charge in [0.15, 0.2) is 0 Å². The molecule has 2 heterocycles. The van der Waals surface area contributed by atoms with Gasteiger partial charge in [0.1, 0.15) is 0 Å². The third-order valence-electron chi connectivity index (χ3n) is 1.06. The van der Waals surface area contributed by atoms with Gasteiger partial charge in [-0.15, -0.1) is 0 Å². The van der Waals surface area contributed by atoms with Gasteiger partial charge in [0, 0.05) is 42.3 Å². The molecule has 0 amide bonds. The molecule has 0 aliphatic rings. The van der Waals surface area contributed by atoms with E-state index in [9.17, 15) is 25.2 Å². The van der Waals surface area contributed by atoms with Gasteiger partial charge in [0.05, 0.1) is 0 Å². The maximum Gasteiger partial charge on any atom is 0.0397 e. The molecule has 0 spiro atoms. The van der Waals surface area contributed by atoms with Gasteiger partial charge in [-0.3, -0.25) is 10.2 Å². The van der Waals surface area contributed by atoms with Crippen LogP contribution < -0.4 is 5.10 Å². The minimum Gasteiger partial charge on any atom is -0.367 e. The molecule has 0 aromatic carbocycles. The van der Waals surface area contributed by atoms with E-state index in [-0.39, 0.29) is 60.8 Å². The summed E-state index contributed by atoms with van der Waals surface area (Å²) < 4.78 is 59.2. The molecule has 0 aliphatic heterocycles. The average molecular weight is 562 g/mol. The van der Waals surface area contributed by atoms with Crippen LogP contribution in [0.3, 0.4) is 0 Å². The SMILES string of the molecule is F[P-](F)(F)(F)(F)F.[CH3-].[CH3-].[CH3-].[CH3-].[U].c1cnc2[n-]nnc2c1. The predicted octanol–water partition coefficient (Wildman–Crippen LogP) is 5.17. The molecule has 0 atom stereocenters. The summed E-state index contributed by atoms with van der Waals surface area (Å²) in [5.41, 5.74) is 1.36. The monoisotopic (exact) mass is 562 g/mol. The summed E-state index contributed by atoms with van der Waals surface area (Å²) in [5, 5.41) is 10.8. The zero-order valence-corrected chi connectivity index (χ0v) is 16.8. The van der Waals surface area contributed by atoms with E-state index < -0.39 is 7.81 Å². The van der Waals surface area contributed by atoms with Crippen LogP contribution >= 0.6 is 7.81 Å². The van der Waals surface area contributed by atoms with Crippen LogP contribution in [0, 0.1) is 60.8 Å². The first-order chi connectivity index (χ1) is 6.92. The molecular formula is C9H15F6N4PU-6. The second-order valence-electron chi connectivity index (χ2n) is 2.59. The fourth-order valence-electron chi connectivity index (χ4n) is 0.656. The van der Waals surface area contributed by atoms with E-state index in [0.29, 0.717) is 5.65 Å². The maximum atomic E-state index is 9.87. The third-order valence-corrected chi connectivity index (χ3v) is 1.06. The van der Waals surface area contributed by atoms with Crippen molar-refractivity contribution in [1.29, 1.82) is 0 Å². The number of pyridine rings is 1. The van der Waals surface area contributed by atoms with Crippen molar-refractivity contribution in [2.24, 2.45) is 0 Å². The second kappa shape index (κ2) is 8.91. The first-order valence-electron chi connectivity index (χ1n) is 3.55. The smallest absolute Gasteiger partial charge is 0.0397 e. The van der Waals surface area contributed by atoms with Crippen molar-refractivity contribution in [3.05, 3.63) is 48.0 Å². The molecule has 0 saturated carbocycles. The number of halogens is 6. The Labute approximate surface area is 143 Å². The van der Waals surface area contributed by atoms with Crippen LogP contribution in [0.15, 0.2) is 18.3 Å². The van der Waals surface area contributed by atoms with E-state index >= 15 is 0 Å². The van der Waals surface area contributed by atoms with Crippen LogP contribution in [0.2, 0.25) is 0 Å². The summed E-state index contributed by atoms with van der Waals surface area (Å²) in [5.74, 6) is 0. The van der Waals surface area contributed by atoms with Gasteiger partial charge in [0.25, 0.3) is 0 Å². The first-order valence-corrected chi connectivity index (χ1v) is 5.58. The summed E-state index contributed by atoms with van der Waals surface area (Å²) in [7, 11) is -10.7. The largest absolute Gasteiger partial charge is 0.367 e. The molecule has 12 heteroatoms. The van der Waals surface area contributed by atoms with Gasteiger partial charge in [-0.2, -0.15) is 5.21 Å². The summed E-state index contributed by atoms with van der Waals surface area (Å²) in [4.78, 5) is 3.91. The molecule has 4 nitrogen and oxygen atoms in total. The zero-order valence-electron chi connectivity index (χ0n) is 11.7. The van der Waals surface area contributed by atoms with Crippen molar-refractivity contribution in [2.75, 3.05) is 0 Å². The molecule has 21 heavy (non-hydrogen) atoms. The number of nitrogens with zero attached hydrogens (tertiary/aromatic N) is 4. The maximum absolute atomic E-state index is 10.7.